The lowest BCUT2D eigenvalue weighted by Crippen LogP contribution is -2.39. The van der Waals surface area contributed by atoms with Crippen LogP contribution in [0.5, 0.6) is 0 Å². The van der Waals surface area contributed by atoms with Crippen LogP contribution in [0.1, 0.15) is 24.9 Å². The summed E-state index contributed by atoms with van der Waals surface area (Å²) < 4.78 is 0. The van der Waals surface area contributed by atoms with Gasteiger partial charge in [0.2, 0.25) is 5.91 Å². The zero-order valence-corrected chi connectivity index (χ0v) is 10.9. The fraction of sp³-hybridized carbons (Fsp3) is 0.500. The van der Waals surface area contributed by atoms with Crippen LogP contribution < -0.4 is 10.2 Å². The molecule has 1 amide bonds. The lowest BCUT2D eigenvalue weighted by molar-refractivity contribution is -0.119. The van der Waals surface area contributed by atoms with Gasteiger partial charge in [0, 0.05) is 38.3 Å². The maximum absolute atomic E-state index is 11.9. The van der Waals surface area contributed by atoms with E-state index in [1.807, 2.05) is 32.2 Å². The summed E-state index contributed by atoms with van der Waals surface area (Å²) in [5.74, 6) is 0.328. The summed E-state index contributed by atoms with van der Waals surface area (Å²) in [6.45, 7) is 2.86. The van der Waals surface area contributed by atoms with Crippen LogP contribution in [0.25, 0.3) is 0 Å². The standard InChI is InChI=1S/C14H20N2O2/c1-10(9-17)8-15-12-7-14(18)16(2)13-6-4-3-5-11(12)13/h3-6,10,12,15,17H,7-9H2,1-2H3. The van der Waals surface area contributed by atoms with Gasteiger partial charge in [0.1, 0.15) is 0 Å². The summed E-state index contributed by atoms with van der Waals surface area (Å²) in [5.41, 5.74) is 2.13. The second-order valence-electron chi connectivity index (χ2n) is 4.96. The maximum atomic E-state index is 11.9. The number of anilines is 1. The SMILES string of the molecule is CC(CO)CNC1CC(=O)N(C)c2ccccc21. The first-order chi connectivity index (χ1) is 8.63. The smallest absolute Gasteiger partial charge is 0.228 e. The Morgan fingerprint density at radius 3 is 2.94 bits per heavy atom. The van der Waals surface area contributed by atoms with E-state index in [1.165, 1.54) is 0 Å². The highest BCUT2D eigenvalue weighted by Crippen LogP contribution is 2.33. The molecule has 0 saturated heterocycles. The zero-order chi connectivity index (χ0) is 13.1. The van der Waals surface area contributed by atoms with E-state index in [1.54, 1.807) is 4.90 Å². The van der Waals surface area contributed by atoms with Crippen LogP contribution in [0.15, 0.2) is 24.3 Å². The van der Waals surface area contributed by atoms with Crippen LogP contribution in [0.4, 0.5) is 5.69 Å². The van der Waals surface area contributed by atoms with E-state index in [0.717, 1.165) is 11.3 Å². The number of aliphatic hydroxyl groups excluding tert-OH is 1. The third-order valence-corrected chi connectivity index (χ3v) is 3.45. The summed E-state index contributed by atoms with van der Waals surface area (Å²) >= 11 is 0. The third kappa shape index (κ3) is 2.54. The molecule has 1 heterocycles. The molecule has 0 spiro atoms. The normalized spacial score (nSPS) is 20.7. The molecule has 18 heavy (non-hydrogen) atoms. The number of para-hydroxylation sites is 1. The number of amides is 1. The van der Waals surface area contributed by atoms with Crippen molar-refractivity contribution in [1.29, 1.82) is 0 Å². The molecule has 0 bridgehead atoms. The molecule has 1 aliphatic heterocycles. The number of hydrogen-bond acceptors (Lipinski definition) is 3. The average molecular weight is 248 g/mol. The number of aliphatic hydroxyl groups is 1. The number of rotatable bonds is 4. The van der Waals surface area contributed by atoms with Gasteiger partial charge >= 0.3 is 0 Å². The van der Waals surface area contributed by atoms with Crippen molar-refractivity contribution in [1.82, 2.24) is 5.32 Å². The van der Waals surface area contributed by atoms with Crippen LogP contribution >= 0.6 is 0 Å². The molecule has 1 aliphatic rings. The minimum atomic E-state index is 0.0545. The third-order valence-electron chi connectivity index (χ3n) is 3.45. The molecule has 0 fully saturated rings. The number of benzene rings is 1. The van der Waals surface area contributed by atoms with Gasteiger partial charge in [-0.25, -0.2) is 0 Å². The van der Waals surface area contributed by atoms with Gasteiger partial charge in [0.15, 0.2) is 0 Å². The Labute approximate surface area is 108 Å². The zero-order valence-electron chi connectivity index (χ0n) is 10.9. The van der Waals surface area contributed by atoms with Crippen molar-refractivity contribution < 1.29 is 9.90 Å². The van der Waals surface area contributed by atoms with Gasteiger partial charge in [0.05, 0.1) is 0 Å². The first-order valence-corrected chi connectivity index (χ1v) is 6.33. The highest BCUT2D eigenvalue weighted by Gasteiger charge is 2.28. The Hall–Kier alpha value is -1.39. The van der Waals surface area contributed by atoms with Gasteiger partial charge in [0.25, 0.3) is 0 Å². The molecule has 4 nitrogen and oxygen atoms in total. The molecule has 0 aromatic heterocycles. The predicted molar refractivity (Wildman–Crippen MR) is 71.5 cm³/mol. The number of fused-ring (bicyclic) bond motifs is 1. The maximum Gasteiger partial charge on any atom is 0.228 e. The molecule has 98 valence electrons. The first kappa shape index (κ1) is 13.1. The summed E-state index contributed by atoms with van der Waals surface area (Å²) in [6, 6.07) is 8.02. The fourth-order valence-electron chi connectivity index (χ4n) is 2.23. The second-order valence-corrected chi connectivity index (χ2v) is 4.96. The molecular weight excluding hydrogens is 228 g/mol. The monoisotopic (exact) mass is 248 g/mol. The van der Waals surface area contributed by atoms with Crippen LogP contribution in [-0.4, -0.2) is 31.2 Å². The number of carbonyl (C=O) groups excluding carboxylic acids is 1. The van der Waals surface area contributed by atoms with Crippen molar-refractivity contribution in [2.45, 2.75) is 19.4 Å². The Bertz CT molecular complexity index is 434. The molecule has 4 heteroatoms. The largest absolute Gasteiger partial charge is 0.396 e. The number of carbonyl (C=O) groups is 1. The van der Waals surface area contributed by atoms with Gasteiger partial charge in [-0.3, -0.25) is 4.79 Å². The lowest BCUT2D eigenvalue weighted by atomic mass is 9.96. The van der Waals surface area contributed by atoms with E-state index < -0.39 is 0 Å². The average Bonchev–Trinajstić information content (AvgIpc) is 2.41. The van der Waals surface area contributed by atoms with Crippen LogP contribution in [0, 0.1) is 5.92 Å². The summed E-state index contributed by atoms with van der Waals surface area (Å²) in [7, 11) is 1.81. The summed E-state index contributed by atoms with van der Waals surface area (Å²) in [6.07, 6.45) is 0.478. The van der Waals surface area contributed by atoms with E-state index in [9.17, 15) is 4.79 Å². The van der Waals surface area contributed by atoms with Gasteiger partial charge in [-0.2, -0.15) is 0 Å². The molecule has 1 aromatic carbocycles. The number of nitrogens with zero attached hydrogens (tertiary/aromatic N) is 1. The minimum absolute atomic E-state index is 0.0545. The molecular formula is C14H20N2O2. The highest BCUT2D eigenvalue weighted by molar-refractivity contribution is 5.96. The summed E-state index contributed by atoms with van der Waals surface area (Å²) in [5, 5.41) is 12.4. The Balaban J connectivity index is 2.17. The lowest BCUT2D eigenvalue weighted by Gasteiger charge is -2.32. The van der Waals surface area contributed by atoms with Crippen LogP contribution in [0.2, 0.25) is 0 Å². The van der Waals surface area contributed by atoms with Crippen molar-refractivity contribution in [2.75, 3.05) is 25.1 Å². The molecule has 2 rings (SSSR count). The predicted octanol–water partition coefficient (Wildman–Crippen LogP) is 1.31. The summed E-state index contributed by atoms with van der Waals surface area (Å²) in [4.78, 5) is 13.6. The minimum Gasteiger partial charge on any atom is -0.396 e. The van der Waals surface area contributed by atoms with Crippen molar-refractivity contribution in [3.05, 3.63) is 29.8 Å². The van der Waals surface area contributed by atoms with E-state index in [-0.39, 0.29) is 24.5 Å². The Morgan fingerprint density at radius 2 is 2.22 bits per heavy atom. The van der Waals surface area contributed by atoms with Crippen molar-refractivity contribution in [2.24, 2.45) is 5.92 Å². The molecule has 2 N–H and O–H groups in total. The van der Waals surface area contributed by atoms with Crippen LogP contribution in [0.3, 0.4) is 0 Å². The number of hydrogen-bond donors (Lipinski definition) is 2. The van der Waals surface area contributed by atoms with Crippen molar-refractivity contribution >= 4 is 11.6 Å². The van der Waals surface area contributed by atoms with E-state index >= 15 is 0 Å². The van der Waals surface area contributed by atoms with Gasteiger partial charge in [-0.05, 0) is 17.5 Å². The van der Waals surface area contributed by atoms with Gasteiger partial charge in [-0.1, -0.05) is 25.1 Å². The van der Waals surface area contributed by atoms with E-state index in [2.05, 4.69) is 11.4 Å². The molecule has 0 radical (unpaired) electrons. The van der Waals surface area contributed by atoms with Gasteiger partial charge < -0.3 is 15.3 Å². The Morgan fingerprint density at radius 1 is 1.50 bits per heavy atom. The fourth-order valence-corrected chi connectivity index (χ4v) is 2.23. The molecule has 1 aromatic rings. The number of nitrogens with one attached hydrogen (secondary N) is 1. The van der Waals surface area contributed by atoms with Gasteiger partial charge in [-0.15, -0.1) is 0 Å². The Kier molecular flexibility index (Phi) is 3.99. The van der Waals surface area contributed by atoms with Crippen molar-refractivity contribution in [3.8, 4) is 0 Å². The van der Waals surface area contributed by atoms with E-state index in [0.29, 0.717) is 13.0 Å². The molecule has 2 atom stereocenters. The first-order valence-electron chi connectivity index (χ1n) is 6.33. The van der Waals surface area contributed by atoms with Crippen molar-refractivity contribution in [3.63, 3.8) is 0 Å². The van der Waals surface area contributed by atoms with Crippen LogP contribution in [-0.2, 0) is 4.79 Å². The quantitative estimate of drug-likeness (QED) is 0.844. The molecule has 0 aliphatic carbocycles. The second kappa shape index (κ2) is 5.50. The molecule has 0 saturated carbocycles. The van der Waals surface area contributed by atoms with E-state index in [4.69, 9.17) is 5.11 Å². The molecule has 2 unspecified atom stereocenters. The highest BCUT2D eigenvalue weighted by atomic mass is 16.3. The topological polar surface area (TPSA) is 52.6 Å².